The third-order valence-electron chi connectivity index (χ3n) is 3.93. The van der Waals surface area contributed by atoms with E-state index in [-0.39, 0.29) is 30.5 Å². The number of pyridine rings is 1. The summed E-state index contributed by atoms with van der Waals surface area (Å²) < 4.78 is 54.1. The third-order valence-corrected chi connectivity index (χ3v) is 3.93. The van der Waals surface area contributed by atoms with E-state index in [1.54, 1.807) is 6.92 Å². The van der Waals surface area contributed by atoms with Crippen molar-refractivity contribution < 1.29 is 37.0 Å². The van der Waals surface area contributed by atoms with Crippen molar-refractivity contribution >= 4 is 11.9 Å². The van der Waals surface area contributed by atoms with Crippen molar-refractivity contribution in [1.29, 1.82) is 0 Å². The van der Waals surface area contributed by atoms with Crippen LogP contribution in [0.1, 0.15) is 17.3 Å². The maximum absolute atomic E-state index is 12.8. The number of halogens is 4. The van der Waals surface area contributed by atoms with E-state index in [0.29, 0.717) is 0 Å². The highest BCUT2D eigenvalue weighted by Crippen LogP contribution is 2.26. The van der Waals surface area contributed by atoms with Gasteiger partial charge in [0.25, 0.3) is 5.91 Å². The minimum atomic E-state index is -4.30. The van der Waals surface area contributed by atoms with E-state index in [2.05, 4.69) is 9.72 Å². The van der Waals surface area contributed by atoms with Crippen LogP contribution in [0, 0.1) is 11.8 Å². The fourth-order valence-corrected chi connectivity index (χ4v) is 2.46. The summed E-state index contributed by atoms with van der Waals surface area (Å²) in [5.41, 5.74) is 0.117. The molecule has 2 heterocycles. The van der Waals surface area contributed by atoms with Crippen LogP contribution < -0.4 is 4.74 Å². The predicted octanol–water partition coefficient (Wildman–Crippen LogP) is 2.15. The Morgan fingerprint density at radius 2 is 2.08 bits per heavy atom. The second-order valence-corrected chi connectivity index (χ2v) is 5.87. The van der Waals surface area contributed by atoms with Crippen molar-refractivity contribution in [2.45, 2.75) is 19.3 Å². The Bertz CT molecular complexity index is 639. The Morgan fingerprint density at radius 1 is 1.40 bits per heavy atom. The molecule has 0 saturated carbocycles. The summed E-state index contributed by atoms with van der Waals surface area (Å²) in [6, 6.07) is 2.37. The number of nitrogens with zero attached hydrogens (tertiary/aromatic N) is 2. The third kappa shape index (κ3) is 4.37. The standard InChI is InChI=1S/C15H16F4N2O4/c1-8-5-21(6-10(8)13(23)24)12(22)9-2-3-11(20-4-9)25-7-15(18,19)14(16)17/h2-4,8,10,14H,5-7H2,1H3,(H,23,24)/t8-,10-/m1/s1. The number of carbonyl (C=O) groups excluding carboxylic acids is 1. The molecule has 1 aliphatic rings. The molecule has 0 unspecified atom stereocenters. The number of amides is 1. The number of alkyl halides is 4. The van der Waals surface area contributed by atoms with Gasteiger partial charge >= 0.3 is 18.3 Å². The van der Waals surface area contributed by atoms with Gasteiger partial charge in [0.15, 0.2) is 6.61 Å². The molecule has 0 radical (unpaired) electrons. The lowest BCUT2D eigenvalue weighted by Crippen LogP contribution is -2.34. The molecule has 1 aromatic heterocycles. The molecule has 1 saturated heterocycles. The molecule has 1 aromatic rings. The minimum Gasteiger partial charge on any atom is -0.481 e. The normalized spacial score (nSPS) is 20.8. The zero-order chi connectivity index (χ0) is 18.8. The van der Waals surface area contributed by atoms with Crippen molar-refractivity contribution in [2.75, 3.05) is 19.7 Å². The minimum absolute atomic E-state index is 0.0637. The molecule has 0 aromatic carbocycles. The number of aromatic nitrogens is 1. The van der Waals surface area contributed by atoms with Gasteiger partial charge in [0.05, 0.1) is 11.5 Å². The van der Waals surface area contributed by atoms with Crippen molar-refractivity contribution in [3.63, 3.8) is 0 Å². The summed E-state index contributed by atoms with van der Waals surface area (Å²) in [6.45, 7) is 0.530. The average Bonchev–Trinajstić information content (AvgIpc) is 2.95. The number of ether oxygens (including phenoxy) is 1. The second-order valence-electron chi connectivity index (χ2n) is 5.87. The van der Waals surface area contributed by atoms with Gasteiger partial charge < -0.3 is 14.7 Å². The quantitative estimate of drug-likeness (QED) is 0.783. The van der Waals surface area contributed by atoms with Crippen LogP contribution in [-0.4, -0.2) is 58.9 Å². The molecule has 25 heavy (non-hydrogen) atoms. The molecule has 1 aliphatic heterocycles. The van der Waals surface area contributed by atoms with Crippen LogP contribution in [0.3, 0.4) is 0 Å². The van der Waals surface area contributed by atoms with Crippen LogP contribution in [0.2, 0.25) is 0 Å². The van der Waals surface area contributed by atoms with E-state index in [4.69, 9.17) is 5.11 Å². The fourth-order valence-electron chi connectivity index (χ4n) is 2.46. The predicted molar refractivity (Wildman–Crippen MR) is 76.9 cm³/mol. The van der Waals surface area contributed by atoms with Crippen LogP contribution in [0.4, 0.5) is 17.6 Å². The molecule has 1 amide bonds. The highest BCUT2D eigenvalue weighted by atomic mass is 19.3. The SMILES string of the molecule is C[C@@H]1CN(C(=O)c2ccc(OCC(F)(F)C(F)F)nc2)C[C@H]1C(=O)O. The molecule has 0 bridgehead atoms. The van der Waals surface area contributed by atoms with Gasteiger partial charge in [-0.1, -0.05) is 6.92 Å². The van der Waals surface area contributed by atoms with E-state index in [9.17, 15) is 27.2 Å². The lowest BCUT2D eigenvalue weighted by molar-refractivity contribution is -0.148. The number of hydrogen-bond donors (Lipinski definition) is 1. The van der Waals surface area contributed by atoms with Crippen molar-refractivity contribution in [3.8, 4) is 5.88 Å². The summed E-state index contributed by atoms with van der Waals surface area (Å²) in [4.78, 5) is 28.4. The summed E-state index contributed by atoms with van der Waals surface area (Å²) in [5.74, 6) is -6.91. The van der Waals surface area contributed by atoms with Gasteiger partial charge in [-0.25, -0.2) is 13.8 Å². The zero-order valence-corrected chi connectivity index (χ0v) is 13.2. The van der Waals surface area contributed by atoms with Gasteiger partial charge in [0.1, 0.15) is 0 Å². The van der Waals surface area contributed by atoms with Crippen molar-refractivity contribution in [1.82, 2.24) is 9.88 Å². The summed E-state index contributed by atoms with van der Waals surface area (Å²) in [7, 11) is 0. The molecule has 10 heteroatoms. The Kier molecular flexibility index (Phi) is 5.48. The van der Waals surface area contributed by atoms with Crippen LogP contribution in [0.15, 0.2) is 18.3 Å². The number of carboxylic acids is 1. The van der Waals surface area contributed by atoms with Gasteiger partial charge in [-0.3, -0.25) is 9.59 Å². The Morgan fingerprint density at radius 3 is 2.56 bits per heavy atom. The van der Waals surface area contributed by atoms with Gasteiger partial charge in [0, 0.05) is 25.4 Å². The number of carboxylic acid groups (broad SMARTS) is 1. The van der Waals surface area contributed by atoms with Crippen LogP contribution in [0.25, 0.3) is 0 Å². The van der Waals surface area contributed by atoms with E-state index >= 15 is 0 Å². The maximum Gasteiger partial charge on any atom is 0.340 e. The van der Waals surface area contributed by atoms with Crippen molar-refractivity contribution in [2.24, 2.45) is 11.8 Å². The molecular weight excluding hydrogens is 348 g/mol. The lowest BCUT2D eigenvalue weighted by atomic mass is 9.99. The van der Waals surface area contributed by atoms with Crippen molar-refractivity contribution in [3.05, 3.63) is 23.9 Å². The molecule has 2 rings (SSSR count). The van der Waals surface area contributed by atoms with Crippen LogP contribution in [0.5, 0.6) is 5.88 Å². The smallest absolute Gasteiger partial charge is 0.340 e. The Balaban J connectivity index is 1.98. The van der Waals surface area contributed by atoms with E-state index < -0.39 is 36.7 Å². The van der Waals surface area contributed by atoms with Gasteiger partial charge in [0.2, 0.25) is 5.88 Å². The largest absolute Gasteiger partial charge is 0.481 e. The topological polar surface area (TPSA) is 79.7 Å². The fraction of sp³-hybridized carbons (Fsp3) is 0.533. The molecule has 0 spiro atoms. The maximum atomic E-state index is 12.8. The van der Waals surface area contributed by atoms with Crippen LogP contribution >= 0.6 is 0 Å². The first-order chi connectivity index (χ1) is 11.6. The number of rotatable bonds is 6. The summed E-state index contributed by atoms with van der Waals surface area (Å²) in [5, 5.41) is 9.07. The molecule has 138 valence electrons. The van der Waals surface area contributed by atoms with E-state index in [0.717, 1.165) is 12.3 Å². The van der Waals surface area contributed by atoms with Gasteiger partial charge in [-0.2, -0.15) is 8.78 Å². The van der Waals surface area contributed by atoms with Gasteiger partial charge in [-0.15, -0.1) is 0 Å². The molecule has 0 aliphatic carbocycles. The first-order valence-electron chi connectivity index (χ1n) is 7.38. The highest BCUT2D eigenvalue weighted by molar-refractivity contribution is 5.94. The number of hydrogen-bond acceptors (Lipinski definition) is 4. The first kappa shape index (κ1) is 18.9. The summed E-state index contributed by atoms with van der Waals surface area (Å²) >= 11 is 0. The summed E-state index contributed by atoms with van der Waals surface area (Å²) in [6.07, 6.45) is -2.79. The number of likely N-dealkylation sites (tertiary alicyclic amines) is 1. The van der Waals surface area contributed by atoms with Crippen LogP contribution in [-0.2, 0) is 4.79 Å². The van der Waals surface area contributed by atoms with E-state index in [1.165, 1.54) is 11.0 Å². The van der Waals surface area contributed by atoms with Gasteiger partial charge in [-0.05, 0) is 12.0 Å². The lowest BCUT2D eigenvalue weighted by Gasteiger charge is -2.17. The Hall–Kier alpha value is -2.39. The van der Waals surface area contributed by atoms with E-state index in [1.807, 2.05) is 0 Å². The Labute approximate surface area is 140 Å². The first-order valence-corrected chi connectivity index (χ1v) is 7.38. The second kappa shape index (κ2) is 7.24. The molecule has 6 nitrogen and oxygen atoms in total. The monoisotopic (exact) mass is 364 g/mol. The molecule has 1 N–H and O–H groups in total. The zero-order valence-electron chi connectivity index (χ0n) is 13.2. The molecule has 2 atom stereocenters. The number of carbonyl (C=O) groups is 2. The number of aliphatic carboxylic acids is 1. The average molecular weight is 364 g/mol. The highest BCUT2D eigenvalue weighted by Gasteiger charge is 2.42. The molecular formula is C15H16F4N2O4. The molecule has 1 fully saturated rings.